The molecule has 0 aliphatic carbocycles. The highest BCUT2D eigenvalue weighted by Crippen LogP contribution is 2.25. The molecule has 1 heterocycles. The molecule has 3 aromatic rings. The Hall–Kier alpha value is -3.48. The Kier molecular flexibility index (Phi) is 4.07. The van der Waals surface area contributed by atoms with E-state index in [-0.39, 0.29) is 5.84 Å². The van der Waals surface area contributed by atoms with Crippen molar-refractivity contribution < 1.29 is 0 Å². The molecule has 1 aromatic heterocycles. The van der Waals surface area contributed by atoms with Crippen LogP contribution in [-0.2, 0) is 0 Å². The highest BCUT2D eigenvalue weighted by molar-refractivity contribution is 5.95. The maximum atomic E-state index is 7.43. The molecule has 0 amide bonds. The number of hydrogen-bond acceptors (Lipinski definition) is 5. The Balaban J connectivity index is 1.81. The number of amidine groups is 1. The molecule has 7 heteroatoms. The summed E-state index contributed by atoms with van der Waals surface area (Å²) in [6.45, 7) is 1.91. The summed E-state index contributed by atoms with van der Waals surface area (Å²) in [6, 6.07) is 14.5. The van der Waals surface area contributed by atoms with Gasteiger partial charge in [0.05, 0.1) is 16.9 Å². The van der Waals surface area contributed by atoms with Crippen molar-refractivity contribution >= 4 is 33.8 Å². The summed E-state index contributed by atoms with van der Waals surface area (Å²) in [4.78, 5) is 4.43. The van der Waals surface area contributed by atoms with Crippen LogP contribution in [0.4, 0.5) is 17.1 Å². The fourth-order valence-electron chi connectivity index (χ4n) is 2.34. The zero-order chi connectivity index (χ0) is 17.1. The fraction of sp³-hybridized carbons (Fsp3) is 0.0588. The highest BCUT2D eigenvalue weighted by Gasteiger charge is 2.02. The monoisotopic (exact) mass is 319 g/mol. The highest BCUT2D eigenvalue weighted by atomic mass is 15.4. The van der Waals surface area contributed by atoms with Crippen molar-refractivity contribution in [3.05, 3.63) is 59.8 Å². The van der Waals surface area contributed by atoms with Gasteiger partial charge in [0, 0.05) is 22.3 Å². The largest absolute Gasteiger partial charge is 0.398 e. The van der Waals surface area contributed by atoms with Crippen molar-refractivity contribution in [1.82, 2.24) is 4.98 Å². The lowest BCUT2D eigenvalue weighted by Gasteiger charge is -2.04. The van der Waals surface area contributed by atoms with E-state index in [0.717, 1.165) is 16.6 Å². The predicted molar refractivity (Wildman–Crippen MR) is 96.5 cm³/mol. The smallest absolute Gasteiger partial charge is 0.122 e. The average Bonchev–Trinajstić information content (AvgIpc) is 2.55. The fourth-order valence-corrected chi connectivity index (χ4v) is 2.34. The summed E-state index contributed by atoms with van der Waals surface area (Å²) in [5.74, 6) is 0.00314. The van der Waals surface area contributed by atoms with Gasteiger partial charge in [0.1, 0.15) is 5.84 Å². The second-order valence-electron chi connectivity index (χ2n) is 5.36. The second-order valence-corrected chi connectivity index (χ2v) is 5.36. The normalized spacial score (nSPS) is 11.0. The number of anilines is 2. The minimum absolute atomic E-state index is 0.00314. The molecule has 2 aromatic carbocycles. The van der Waals surface area contributed by atoms with Crippen LogP contribution in [-0.4, -0.2) is 10.8 Å². The maximum absolute atomic E-state index is 7.43. The zero-order valence-corrected chi connectivity index (χ0v) is 13.1. The van der Waals surface area contributed by atoms with Crippen molar-refractivity contribution in [2.24, 2.45) is 16.1 Å². The third kappa shape index (κ3) is 3.30. The molecular weight excluding hydrogens is 302 g/mol. The molecule has 120 valence electrons. The molecule has 0 bridgehead atoms. The van der Waals surface area contributed by atoms with E-state index in [1.807, 2.05) is 37.3 Å². The summed E-state index contributed by atoms with van der Waals surface area (Å²) >= 11 is 0. The van der Waals surface area contributed by atoms with E-state index in [1.165, 1.54) is 0 Å². The van der Waals surface area contributed by atoms with Crippen LogP contribution in [0.25, 0.3) is 10.9 Å². The number of hydrogen-bond donors (Lipinski definition) is 4. The van der Waals surface area contributed by atoms with Crippen LogP contribution in [0.3, 0.4) is 0 Å². The van der Waals surface area contributed by atoms with Crippen molar-refractivity contribution in [2.45, 2.75) is 6.92 Å². The van der Waals surface area contributed by atoms with E-state index in [1.54, 1.807) is 18.2 Å². The summed E-state index contributed by atoms with van der Waals surface area (Å²) < 4.78 is 0. The number of nitrogen functional groups attached to an aromatic ring is 2. The molecule has 6 N–H and O–H groups in total. The van der Waals surface area contributed by atoms with Gasteiger partial charge in [-0.1, -0.05) is 17.4 Å². The van der Waals surface area contributed by atoms with Crippen LogP contribution in [0.5, 0.6) is 0 Å². The van der Waals surface area contributed by atoms with Crippen LogP contribution in [0.2, 0.25) is 0 Å². The SMILES string of the molecule is Cc1cc(N)c2cc(N=NNc3cccc(C(=N)N)c3)ccc2n1. The van der Waals surface area contributed by atoms with Gasteiger partial charge in [-0.15, -0.1) is 5.11 Å². The predicted octanol–water partition coefficient (Wildman–Crippen LogP) is 3.52. The van der Waals surface area contributed by atoms with Gasteiger partial charge in [-0.25, -0.2) is 0 Å². The number of rotatable bonds is 4. The number of aryl methyl sites for hydroxylation is 1. The first-order valence-corrected chi connectivity index (χ1v) is 7.31. The lowest BCUT2D eigenvalue weighted by molar-refractivity contribution is 1.13. The molecule has 0 aliphatic rings. The van der Waals surface area contributed by atoms with E-state index in [4.69, 9.17) is 16.9 Å². The Morgan fingerprint density at radius 2 is 2.00 bits per heavy atom. The van der Waals surface area contributed by atoms with E-state index in [2.05, 4.69) is 20.7 Å². The first-order valence-electron chi connectivity index (χ1n) is 7.31. The van der Waals surface area contributed by atoms with Crippen LogP contribution in [0.1, 0.15) is 11.3 Å². The molecule has 0 radical (unpaired) electrons. The molecule has 0 saturated carbocycles. The lowest BCUT2D eigenvalue weighted by atomic mass is 10.1. The van der Waals surface area contributed by atoms with Crippen LogP contribution in [0, 0.1) is 12.3 Å². The van der Waals surface area contributed by atoms with Gasteiger partial charge in [0.25, 0.3) is 0 Å². The zero-order valence-electron chi connectivity index (χ0n) is 13.1. The molecule has 0 aliphatic heterocycles. The number of aromatic nitrogens is 1. The summed E-state index contributed by atoms with van der Waals surface area (Å²) in [5, 5.41) is 16.4. The molecular formula is C17H17N7. The first-order chi connectivity index (χ1) is 11.5. The number of pyridine rings is 1. The van der Waals surface area contributed by atoms with Crippen molar-refractivity contribution in [2.75, 3.05) is 11.2 Å². The lowest BCUT2D eigenvalue weighted by Crippen LogP contribution is -2.10. The minimum Gasteiger partial charge on any atom is -0.398 e. The van der Waals surface area contributed by atoms with E-state index >= 15 is 0 Å². The molecule has 0 fully saturated rings. The Labute approximate surface area is 138 Å². The van der Waals surface area contributed by atoms with Gasteiger partial charge in [-0.3, -0.25) is 15.8 Å². The third-order valence-corrected chi connectivity index (χ3v) is 3.47. The van der Waals surface area contributed by atoms with Gasteiger partial charge < -0.3 is 11.5 Å². The van der Waals surface area contributed by atoms with Gasteiger partial charge in [-0.05, 0) is 43.3 Å². The van der Waals surface area contributed by atoms with Gasteiger partial charge in [0.15, 0.2) is 0 Å². The molecule has 0 saturated heterocycles. The molecule has 7 nitrogen and oxygen atoms in total. The molecule has 0 spiro atoms. The van der Waals surface area contributed by atoms with E-state index in [0.29, 0.717) is 22.6 Å². The summed E-state index contributed by atoms with van der Waals surface area (Å²) in [6.07, 6.45) is 0. The van der Waals surface area contributed by atoms with Crippen molar-refractivity contribution in [3.63, 3.8) is 0 Å². The molecule has 24 heavy (non-hydrogen) atoms. The van der Waals surface area contributed by atoms with Crippen molar-refractivity contribution in [1.29, 1.82) is 5.41 Å². The third-order valence-electron chi connectivity index (χ3n) is 3.47. The van der Waals surface area contributed by atoms with E-state index in [9.17, 15) is 0 Å². The van der Waals surface area contributed by atoms with Gasteiger partial charge >= 0.3 is 0 Å². The summed E-state index contributed by atoms with van der Waals surface area (Å²) in [7, 11) is 0. The minimum atomic E-state index is 0.00314. The molecule has 3 rings (SSSR count). The molecule has 0 unspecified atom stereocenters. The maximum Gasteiger partial charge on any atom is 0.122 e. The van der Waals surface area contributed by atoms with Crippen LogP contribution < -0.4 is 16.9 Å². The van der Waals surface area contributed by atoms with E-state index < -0.39 is 0 Å². The first kappa shape index (κ1) is 15.4. The topological polar surface area (TPSA) is 126 Å². The Morgan fingerprint density at radius 3 is 2.79 bits per heavy atom. The Morgan fingerprint density at radius 1 is 1.17 bits per heavy atom. The quantitative estimate of drug-likeness (QED) is 0.254. The summed E-state index contributed by atoms with van der Waals surface area (Å²) in [5.41, 5.74) is 18.7. The average molecular weight is 319 g/mol. The number of nitrogens with one attached hydrogen (secondary N) is 2. The standard InChI is InChI=1S/C17H17N7/c1-10-7-15(18)14-9-13(5-6-16(14)21-10)23-24-22-12-4-2-3-11(8-12)17(19)20/h2-9H,1H3,(H2,18,21)(H3,19,20)(H,22,23). The number of nitrogens with zero attached hydrogens (tertiary/aromatic N) is 3. The molecule has 0 atom stereocenters. The van der Waals surface area contributed by atoms with Gasteiger partial charge in [-0.2, -0.15) is 0 Å². The Bertz CT molecular complexity index is 947. The number of benzene rings is 2. The van der Waals surface area contributed by atoms with Crippen LogP contribution in [0.15, 0.2) is 58.9 Å². The second kappa shape index (κ2) is 6.33. The van der Waals surface area contributed by atoms with Gasteiger partial charge in [0.2, 0.25) is 0 Å². The van der Waals surface area contributed by atoms with Crippen LogP contribution >= 0.6 is 0 Å². The number of fused-ring (bicyclic) bond motifs is 1. The van der Waals surface area contributed by atoms with Crippen molar-refractivity contribution in [3.8, 4) is 0 Å². The number of nitrogens with two attached hydrogens (primary N) is 2.